The van der Waals surface area contributed by atoms with Crippen molar-refractivity contribution in [3.05, 3.63) is 58.1 Å². The zero-order valence-electron chi connectivity index (χ0n) is 12.9. The fourth-order valence-electron chi connectivity index (χ4n) is 2.56. The summed E-state index contributed by atoms with van der Waals surface area (Å²) >= 11 is 0. The predicted molar refractivity (Wildman–Crippen MR) is 87.5 cm³/mol. The molecule has 126 valence electrons. The first-order chi connectivity index (χ1) is 12.1. The van der Waals surface area contributed by atoms with Crippen molar-refractivity contribution >= 4 is 23.1 Å². The van der Waals surface area contributed by atoms with Crippen molar-refractivity contribution in [3.63, 3.8) is 0 Å². The number of fused-ring (bicyclic) bond motifs is 2. The van der Waals surface area contributed by atoms with Gasteiger partial charge in [-0.15, -0.1) is 0 Å². The maximum atomic E-state index is 12.3. The molecule has 9 nitrogen and oxygen atoms in total. The SMILES string of the molecule is O=C1COc2ccc(CNC(=O)c3cc(=O)n4[nH]ccc4n3)cc2N1. The summed E-state index contributed by atoms with van der Waals surface area (Å²) in [5, 5.41) is 8.12. The maximum Gasteiger partial charge on any atom is 0.273 e. The van der Waals surface area contributed by atoms with Gasteiger partial charge in [-0.2, -0.15) is 0 Å². The average molecular weight is 339 g/mol. The van der Waals surface area contributed by atoms with Crippen LogP contribution >= 0.6 is 0 Å². The van der Waals surface area contributed by atoms with Crippen LogP contribution in [0.3, 0.4) is 0 Å². The van der Waals surface area contributed by atoms with Gasteiger partial charge in [-0.3, -0.25) is 19.5 Å². The number of nitrogens with zero attached hydrogens (tertiary/aromatic N) is 2. The Labute approximate surface area is 140 Å². The number of carbonyl (C=O) groups excluding carboxylic acids is 2. The molecule has 3 aromatic rings. The first-order valence-electron chi connectivity index (χ1n) is 7.51. The third kappa shape index (κ3) is 2.82. The summed E-state index contributed by atoms with van der Waals surface area (Å²) < 4.78 is 6.52. The highest BCUT2D eigenvalue weighted by atomic mass is 16.5. The quantitative estimate of drug-likeness (QED) is 0.634. The normalized spacial score (nSPS) is 13.0. The molecule has 0 spiro atoms. The van der Waals surface area contributed by atoms with Crippen molar-refractivity contribution in [2.24, 2.45) is 0 Å². The van der Waals surface area contributed by atoms with Crippen molar-refractivity contribution < 1.29 is 14.3 Å². The van der Waals surface area contributed by atoms with Gasteiger partial charge >= 0.3 is 0 Å². The molecule has 1 aliphatic rings. The van der Waals surface area contributed by atoms with Crippen LogP contribution in [0, 0.1) is 0 Å². The molecule has 0 fully saturated rings. The molecule has 4 rings (SSSR count). The zero-order chi connectivity index (χ0) is 17.4. The predicted octanol–water partition coefficient (Wildman–Crippen LogP) is 0.283. The third-order valence-electron chi connectivity index (χ3n) is 3.74. The number of ether oxygens (including phenoxy) is 1. The molecular weight excluding hydrogens is 326 g/mol. The summed E-state index contributed by atoms with van der Waals surface area (Å²) in [7, 11) is 0. The highest BCUT2D eigenvalue weighted by Crippen LogP contribution is 2.28. The van der Waals surface area contributed by atoms with E-state index in [9.17, 15) is 14.4 Å². The van der Waals surface area contributed by atoms with Crippen LogP contribution in [-0.2, 0) is 11.3 Å². The lowest BCUT2D eigenvalue weighted by molar-refractivity contribution is -0.118. The van der Waals surface area contributed by atoms with E-state index in [-0.39, 0.29) is 30.3 Å². The molecule has 0 atom stereocenters. The second-order valence-electron chi connectivity index (χ2n) is 5.49. The number of aromatic nitrogens is 3. The molecule has 1 aliphatic heterocycles. The van der Waals surface area contributed by atoms with Crippen molar-refractivity contribution in [2.45, 2.75) is 6.54 Å². The van der Waals surface area contributed by atoms with Gasteiger partial charge in [-0.05, 0) is 17.7 Å². The molecule has 1 aromatic carbocycles. The van der Waals surface area contributed by atoms with Crippen LogP contribution in [0.5, 0.6) is 5.75 Å². The number of anilines is 1. The Morgan fingerprint density at radius 2 is 2.16 bits per heavy atom. The minimum atomic E-state index is -0.459. The Hall–Kier alpha value is -3.62. The molecule has 2 amide bonds. The molecule has 3 N–H and O–H groups in total. The van der Waals surface area contributed by atoms with Gasteiger partial charge in [0.15, 0.2) is 12.3 Å². The fraction of sp³-hybridized carbons (Fsp3) is 0.125. The summed E-state index contributed by atoms with van der Waals surface area (Å²) in [5.41, 5.74) is 1.38. The van der Waals surface area contributed by atoms with Gasteiger partial charge < -0.3 is 15.4 Å². The number of rotatable bonds is 3. The summed E-state index contributed by atoms with van der Waals surface area (Å²) in [4.78, 5) is 39.6. The Bertz CT molecular complexity index is 1050. The van der Waals surface area contributed by atoms with E-state index in [1.807, 2.05) is 0 Å². The van der Waals surface area contributed by atoms with E-state index >= 15 is 0 Å². The number of benzene rings is 1. The number of hydrogen-bond donors (Lipinski definition) is 3. The van der Waals surface area contributed by atoms with Gasteiger partial charge in [0.05, 0.1) is 5.69 Å². The summed E-state index contributed by atoms with van der Waals surface area (Å²) in [6, 6.07) is 8.01. The van der Waals surface area contributed by atoms with Gasteiger partial charge in [0.2, 0.25) is 0 Å². The number of hydrogen-bond acceptors (Lipinski definition) is 5. The minimum Gasteiger partial charge on any atom is -0.482 e. The van der Waals surface area contributed by atoms with Crippen LogP contribution in [0.4, 0.5) is 5.69 Å². The number of carbonyl (C=O) groups is 2. The van der Waals surface area contributed by atoms with Gasteiger partial charge in [-0.1, -0.05) is 6.07 Å². The van der Waals surface area contributed by atoms with Crippen LogP contribution in [-0.4, -0.2) is 33.0 Å². The first kappa shape index (κ1) is 14.9. The van der Waals surface area contributed by atoms with Crippen LogP contribution in [0.25, 0.3) is 5.65 Å². The van der Waals surface area contributed by atoms with Crippen molar-refractivity contribution in [3.8, 4) is 5.75 Å². The lowest BCUT2D eigenvalue weighted by Gasteiger charge is -2.18. The second-order valence-corrected chi connectivity index (χ2v) is 5.49. The molecule has 0 aliphatic carbocycles. The summed E-state index contributed by atoms with van der Waals surface area (Å²) in [6.45, 7) is 0.210. The van der Waals surface area contributed by atoms with E-state index in [0.29, 0.717) is 17.1 Å². The van der Waals surface area contributed by atoms with Crippen LogP contribution in [0.1, 0.15) is 16.1 Å². The standard InChI is InChI=1S/C16H13N5O4/c22-14-8-25-12-2-1-9(5-10(12)20-14)7-17-16(24)11-6-15(23)21-13(19-11)3-4-18-21/h1-6,18H,7-8H2,(H,17,24)(H,20,22). The molecule has 2 aromatic heterocycles. The molecular formula is C16H13N5O4. The minimum absolute atomic E-state index is 0.00801. The largest absolute Gasteiger partial charge is 0.482 e. The Morgan fingerprint density at radius 1 is 1.28 bits per heavy atom. The molecule has 25 heavy (non-hydrogen) atoms. The number of H-pyrrole nitrogens is 1. The van der Waals surface area contributed by atoms with Gasteiger partial charge in [0, 0.05) is 24.9 Å². The summed E-state index contributed by atoms with van der Waals surface area (Å²) in [5.74, 6) is -0.0979. The molecule has 0 unspecified atom stereocenters. The van der Waals surface area contributed by atoms with E-state index in [1.54, 1.807) is 30.5 Å². The van der Waals surface area contributed by atoms with Crippen LogP contribution < -0.4 is 20.9 Å². The molecule has 9 heteroatoms. The Morgan fingerprint density at radius 3 is 3.04 bits per heavy atom. The third-order valence-corrected chi connectivity index (χ3v) is 3.74. The molecule has 3 heterocycles. The smallest absolute Gasteiger partial charge is 0.273 e. The number of aromatic amines is 1. The maximum absolute atomic E-state index is 12.3. The highest BCUT2D eigenvalue weighted by molar-refractivity contribution is 5.95. The van der Waals surface area contributed by atoms with Gasteiger partial charge in [0.1, 0.15) is 11.4 Å². The molecule has 0 saturated carbocycles. The van der Waals surface area contributed by atoms with Gasteiger partial charge in [-0.25, -0.2) is 9.50 Å². The second kappa shape index (κ2) is 5.78. The van der Waals surface area contributed by atoms with Crippen LogP contribution in [0.15, 0.2) is 41.3 Å². The lowest BCUT2D eigenvalue weighted by Crippen LogP contribution is -2.27. The van der Waals surface area contributed by atoms with E-state index in [2.05, 4.69) is 20.7 Å². The van der Waals surface area contributed by atoms with E-state index in [0.717, 1.165) is 5.56 Å². The van der Waals surface area contributed by atoms with Crippen molar-refractivity contribution in [1.82, 2.24) is 19.9 Å². The van der Waals surface area contributed by atoms with E-state index in [4.69, 9.17) is 4.74 Å². The fourth-order valence-corrected chi connectivity index (χ4v) is 2.56. The first-order valence-corrected chi connectivity index (χ1v) is 7.51. The molecule has 0 bridgehead atoms. The summed E-state index contributed by atoms with van der Waals surface area (Å²) in [6.07, 6.45) is 1.56. The Kier molecular flexibility index (Phi) is 3.46. The Balaban J connectivity index is 1.50. The average Bonchev–Trinajstić information content (AvgIpc) is 3.08. The van der Waals surface area contributed by atoms with Crippen molar-refractivity contribution in [1.29, 1.82) is 0 Å². The number of amides is 2. The lowest BCUT2D eigenvalue weighted by atomic mass is 10.1. The zero-order valence-corrected chi connectivity index (χ0v) is 12.9. The topological polar surface area (TPSA) is 118 Å². The monoisotopic (exact) mass is 339 g/mol. The number of nitrogens with one attached hydrogen (secondary N) is 3. The van der Waals surface area contributed by atoms with Crippen molar-refractivity contribution in [2.75, 3.05) is 11.9 Å². The highest BCUT2D eigenvalue weighted by Gasteiger charge is 2.16. The molecule has 0 saturated heterocycles. The van der Waals surface area contributed by atoms with Crippen LogP contribution in [0.2, 0.25) is 0 Å². The molecule has 0 radical (unpaired) electrons. The van der Waals surface area contributed by atoms with E-state index < -0.39 is 5.91 Å². The van der Waals surface area contributed by atoms with Gasteiger partial charge in [0.25, 0.3) is 17.4 Å². The van der Waals surface area contributed by atoms with E-state index in [1.165, 1.54) is 10.6 Å².